The molecule has 0 bridgehead atoms. The first-order chi connectivity index (χ1) is 6.65. The Morgan fingerprint density at radius 3 is 2.14 bits per heavy atom. The topological polar surface area (TPSA) is 38.3 Å². The smallest absolute Gasteiger partial charge is 0.323 e. The van der Waals surface area contributed by atoms with Crippen LogP contribution in [-0.2, 0) is 9.53 Å². The van der Waals surface area contributed by atoms with Gasteiger partial charge in [-0.25, -0.2) is 0 Å². The van der Waals surface area contributed by atoms with Gasteiger partial charge in [-0.3, -0.25) is 4.79 Å². The Bertz CT molecular complexity index is 153. The molecule has 14 heavy (non-hydrogen) atoms. The molecule has 0 spiro atoms. The summed E-state index contributed by atoms with van der Waals surface area (Å²) in [6, 6.07) is -0.203. The molecule has 3 heteroatoms. The number of ether oxygens (including phenoxy) is 1. The Labute approximate surface area is 87.2 Å². The lowest BCUT2D eigenvalue weighted by Gasteiger charge is -2.18. The molecule has 0 aliphatic carbocycles. The maximum absolute atomic E-state index is 11.4. The van der Waals surface area contributed by atoms with Crippen LogP contribution in [0.1, 0.15) is 46.5 Å². The van der Waals surface area contributed by atoms with Crippen molar-refractivity contribution in [2.75, 3.05) is 7.05 Å². The molecular formula is C11H23NO2. The molecule has 3 nitrogen and oxygen atoms in total. The number of hydrogen-bond donors (Lipinski definition) is 1. The van der Waals surface area contributed by atoms with E-state index >= 15 is 0 Å². The maximum atomic E-state index is 11.4. The minimum absolute atomic E-state index is 0.105. The summed E-state index contributed by atoms with van der Waals surface area (Å²) >= 11 is 0. The van der Waals surface area contributed by atoms with E-state index in [0.29, 0.717) is 0 Å². The first-order valence-corrected chi connectivity index (χ1v) is 5.53. The predicted octanol–water partition coefficient (Wildman–Crippen LogP) is 2.11. The molecule has 0 aromatic carbocycles. The second-order valence-electron chi connectivity index (χ2n) is 3.65. The lowest BCUT2D eigenvalue weighted by Crippen LogP contribution is -2.35. The van der Waals surface area contributed by atoms with Crippen LogP contribution in [0.25, 0.3) is 0 Å². The van der Waals surface area contributed by atoms with Gasteiger partial charge in [-0.05, 0) is 26.8 Å². The highest BCUT2D eigenvalue weighted by molar-refractivity contribution is 5.75. The average molecular weight is 201 g/mol. The molecule has 0 rings (SSSR count). The molecule has 1 N–H and O–H groups in total. The van der Waals surface area contributed by atoms with E-state index in [2.05, 4.69) is 19.2 Å². The van der Waals surface area contributed by atoms with Crippen LogP contribution in [0.2, 0.25) is 0 Å². The summed E-state index contributed by atoms with van der Waals surface area (Å²) in [6.45, 7) is 6.03. The molecule has 0 aromatic rings. The first kappa shape index (κ1) is 13.4. The summed E-state index contributed by atoms with van der Waals surface area (Å²) in [7, 11) is 1.76. The van der Waals surface area contributed by atoms with Crippen LogP contribution in [0.15, 0.2) is 0 Å². The monoisotopic (exact) mass is 201 g/mol. The molecule has 84 valence electrons. The van der Waals surface area contributed by atoms with Gasteiger partial charge in [-0.2, -0.15) is 0 Å². The zero-order chi connectivity index (χ0) is 11.0. The van der Waals surface area contributed by atoms with E-state index < -0.39 is 0 Å². The zero-order valence-corrected chi connectivity index (χ0v) is 9.80. The van der Waals surface area contributed by atoms with Crippen LogP contribution < -0.4 is 5.32 Å². The lowest BCUT2D eigenvalue weighted by molar-refractivity contribution is -0.151. The number of carbonyl (C=O) groups excluding carboxylic acids is 1. The predicted molar refractivity (Wildman–Crippen MR) is 58.2 cm³/mol. The maximum Gasteiger partial charge on any atom is 0.323 e. The summed E-state index contributed by atoms with van der Waals surface area (Å²) in [5.41, 5.74) is 0. The van der Waals surface area contributed by atoms with Crippen LogP contribution in [0.4, 0.5) is 0 Å². The van der Waals surface area contributed by atoms with Crippen molar-refractivity contribution < 1.29 is 9.53 Å². The van der Waals surface area contributed by atoms with Crippen LogP contribution in [-0.4, -0.2) is 25.2 Å². The van der Waals surface area contributed by atoms with Gasteiger partial charge in [0.1, 0.15) is 12.1 Å². The van der Waals surface area contributed by atoms with Crippen molar-refractivity contribution in [1.82, 2.24) is 5.32 Å². The molecule has 0 radical (unpaired) electrons. The summed E-state index contributed by atoms with van der Waals surface area (Å²) in [4.78, 5) is 11.4. The van der Waals surface area contributed by atoms with Gasteiger partial charge in [0.2, 0.25) is 0 Å². The second-order valence-corrected chi connectivity index (χ2v) is 3.65. The summed E-state index contributed by atoms with van der Waals surface area (Å²) in [5.74, 6) is -0.139. The second kappa shape index (κ2) is 7.80. The van der Waals surface area contributed by atoms with Crippen molar-refractivity contribution in [2.24, 2.45) is 0 Å². The standard InChI is InChI=1S/C11H23NO2/c1-5-7-10(8-6-2)14-11(13)9(3)12-4/h9-10,12H,5-8H2,1-4H3. The SMILES string of the molecule is CCCC(CCC)OC(=O)C(C)NC. The minimum Gasteiger partial charge on any atom is -0.461 e. The van der Waals surface area contributed by atoms with Crippen molar-refractivity contribution >= 4 is 5.97 Å². The highest BCUT2D eigenvalue weighted by atomic mass is 16.5. The minimum atomic E-state index is -0.203. The van der Waals surface area contributed by atoms with Crippen molar-refractivity contribution in [1.29, 1.82) is 0 Å². The summed E-state index contributed by atoms with van der Waals surface area (Å²) < 4.78 is 5.38. The molecule has 0 aliphatic rings. The molecule has 0 aromatic heterocycles. The number of rotatable bonds is 7. The van der Waals surface area contributed by atoms with Crippen LogP contribution >= 0.6 is 0 Å². The fraction of sp³-hybridized carbons (Fsp3) is 0.909. The summed E-state index contributed by atoms with van der Waals surface area (Å²) in [6.07, 6.45) is 4.16. The van der Waals surface area contributed by atoms with Gasteiger partial charge in [-0.15, -0.1) is 0 Å². The van der Waals surface area contributed by atoms with E-state index in [1.54, 1.807) is 7.05 Å². The normalized spacial score (nSPS) is 12.9. The molecule has 0 amide bonds. The Balaban J connectivity index is 3.94. The van der Waals surface area contributed by atoms with Gasteiger partial charge in [0, 0.05) is 0 Å². The summed E-state index contributed by atoms with van der Waals surface area (Å²) in [5, 5.41) is 2.88. The van der Waals surface area contributed by atoms with Crippen molar-refractivity contribution in [3.63, 3.8) is 0 Å². The molecule has 1 atom stereocenters. The van der Waals surface area contributed by atoms with Gasteiger partial charge in [0.25, 0.3) is 0 Å². The van der Waals surface area contributed by atoms with E-state index in [4.69, 9.17) is 4.74 Å². The Kier molecular flexibility index (Phi) is 7.48. The molecule has 0 heterocycles. The van der Waals surface area contributed by atoms with Gasteiger partial charge in [0.05, 0.1) is 0 Å². The fourth-order valence-corrected chi connectivity index (χ4v) is 1.29. The number of esters is 1. The Morgan fingerprint density at radius 2 is 1.79 bits per heavy atom. The average Bonchev–Trinajstić information content (AvgIpc) is 2.17. The first-order valence-electron chi connectivity index (χ1n) is 5.53. The highest BCUT2D eigenvalue weighted by Crippen LogP contribution is 2.10. The molecule has 1 unspecified atom stereocenters. The van der Waals surface area contributed by atoms with Gasteiger partial charge < -0.3 is 10.1 Å². The van der Waals surface area contributed by atoms with Crippen LogP contribution in [0.5, 0.6) is 0 Å². The van der Waals surface area contributed by atoms with E-state index in [1.807, 2.05) is 6.92 Å². The molecule has 0 aliphatic heterocycles. The lowest BCUT2D eigenvalue weighted by atomic mass is 10.1. The molecular weight excluding hydrogens is 178 g/mol. The fourth-order valence-electron chi connectivity index (χ4n) is 1.29. The molecule has 0 saturated carbocycles. The van der Waals surface area contributed by atoms with Gasteiger partial charge >= 0.3 is 5.97 Å². The van der Waals surface area contributed by atoms with Crippen molar-refractivity contribution in [2.45, 2.75) is 58.6 Å². The van der Waals surface area contributed by atoms with Gasteiger partial charge in [0.15, 0.2) is 0 Å². The number of likely N-dealkylation sites (N-methyl/N-ethyl adjacent to an activating group) is 1. The van der Waals surface area contributed by atoms with E-state index in [9.17, 15) is 4.79 Å². The Hall–Kier alpha value is -0.570. The highest BCUT2D eigenvalue weighted by Gasteiger charge is 2.17. The Morgan fingerprint density at radius 1 is 1.29 bits per heavy atom. The molecule has 0 fully saturated rings. The molecule has 0 saturated heterocycles. The van der Waals surface area contributed by atoms with Crippen LogP contribution in [0, 0.1) is 0 Å². The van der Waals surface area contributed by atoms with E-state index in [-0.39, 0.29) is 18.1 Å². The third-order valence-corrected chi connectivity index (χ3v) is 2.29. The van der Waals surface area contributed by atoms with Crippen molar-refractivity contribution in [3.05, 3.63) is 0 Å². The van der Waals surface area contributed by atoms with Crippen molar-refractivity contribution in [3.8, 4) is 0 Å². The number of carbonyl (C=O) groups is 1. The van der Waals surface area contributed by atoms with E-state index in [1.165, 1.54) is 0 Å². The number of hydrogen-bond acceptors (Lipinski definition) is 3. The third-order valence-electron chi connectivity index (χ3n) is 2.29. The van der Waals surface area contributed by atoms with Gasteiger partial charge in [-0.1, -0.05) is 26.7 Å². The number of nitrogens with one attached hydrogen (secondary N) is 1. The third kappa shape index (κ3) is 5.22. The largest absolute Gasteiger partial charge is 0.461 e. The zero-order valence-electron chi connectivity index (χ0n) is 9.80. The van der Waals surface area contributed by atoms with Crippen LogP contribution in [0.3, 0.4) is 0 Å². The quantitative estimate of drug-likeness (QED) is 0.641. The van der Waals surface area contributed by atoms with E-state index in [0.717, 1.165) is 25.7 Å².